The maximum atomic E-state index is 13.7. The maximum Gasteiger partial charge on any atom is 0.233 e. The number of H-pyrrole nitrogens is 1. The fourth-order valence-electron chi connectivity index (χ4n) is 4.96. The van der Waals surface area contributed by atoms with Gasteiger partial charge >= 0.3 is 0 Å². The molecular weight excluding hydrogens is 529 g/mol. The van der Waals surface area contributed by atoms with E-state index in [0.717, 1.165) is 5.69 Å². The van der Waals surface area contributed by atoms with Gasteiger partial charge in [-0.15, -0.1) is 0 Å². The number of aliphatic hydroxyl groups is 1. The number of nitrogens with zero attached hydrogens (tertiary/aromatic N) is 5. The number of aliphatic hydroxyl groups excluding tert-OH is 1. The number of aromatic nitrogens is 5. The molecule has 1 aromatic carbocycles. The van der Waals surface area contributed by atoms with Crippen LogP contribution in [0.5, 0.6) is 0 Å². The highest BCUT2D eigenvalue weighted by molar-refractivity contribution is 5.83. The van der Waals surface area contributed by atoms with E-state index in [4.69, 9.17) is 14.5 Å². The van der Waals surface area contributed by atoms with Crippen molar-refractivity contribution < 1.29 is 23.8 Å². The van der Waals surface area contributed by atoms with E-state index >= 15 is 0 Å². The van der Waals surface area contributed by atoms with E-state index in [2.05, 4.69) is 25.3 Å². The number of β-amino-alcohol motifs (C(OH)–C–C–N with tert-alkyl or cyclic N) is 1. The number of amides is 1. The van der Waals surface area contributed by atoms with Gasteiger partial charge in [0.2, 0.25) is 18.1 Å². The second kappa shape index (κ2) is 11.3. The van der Waals surface area contributed by atoms with Crippen molar-refractivity contribution in [3.8, 4) is 22.6 Å². The molecule has 4 aromatic rings. The smallest absolute Gasteiger partial charge is 0.233 e. The summed E-state index contributed by atoms with van der Waals surface area (Å²) >= 11 is 0. The largest absolute Gasteiger partial charge is 0.391 e. The van der Waals surface area contributed by atoms with Gasteiger partial charge in [-0.05, 0) is 55.8 Å². The number of benzene rings is 1. The highest BCUT2D eigenvalue weighted by Gasteiger charge is 2.44. The first kappa shape index (κ1) is 26.9. The Hall–Kier alpha value is -4.26. The van der Waals surface area contributed by atoms with Crippen LogP contribution in [0.15, 0.2) is 60.9 Å². The molecule has 0 radical (unpaired) electrons. The minimum absolute atomic E-state index is 0.105. The van der Waals surface area contributed by atoms with E-state index in [1.165, 1.54) is 12.1 Å². The quantitative estimate of drug-likeness (QED) is 0.311. The SMILES string of the molecule is CC1(C(=O)N2CCC(O)C2)COC(c2nc(-c3ccc(F)cc3)c(-c3ccnc(NCc4ccccn4)n3)[nH]2)OC1. The van der Waals surface area contributed by atoms with Crippen LogP contribution in [-0.4, -0.2) is 73.2 Å². The van der Waals surface area contributed by atoms with Crippen molar-refractivity contribution in [2.24, 2.45) is 5.41 Å². The number of hydrogen-bond donors (Lipinski definition) is 3. The van der Waals surface area contributed by atoms with Gasteiger partial charge < -0.3 is 29.8 Å². The van der Waals surface area contributed by atoms with Gasteiger partial charge in [0.1, 0.15) is 5.82 Å². The van der Waals surface area contributed by atoms with Gasteiger partial charge in [0, 0.05) is 31.0 Å². The van der Waals surface area contributed by atoms with Crippen LogP contribution in [0.3, 0.4) is 0 Å². The van der Waals surface area contributed by atoms with E-state index in [1.54, 1.807) is 42.4 Å². The fraction of sp³-hybridized carbons (Fsp3) is 0.345. The molecule has 3 N–H and O–H groups in total. The van der Waals surface area contributed by atoms with Gasteiger partial charge in [-0.3, -0.25) is 9.78 Å². The number of ether oxygens (including phenoxy) is 2. The molecule has 3 aromatic heterocycles. The molecule has 2 saturated heterocycles. The molecule has 0 saturated carbocycles. The molecule has 41 heavy (non-hydrogen) atoms. The summed E-state index contributed by atoms with van der Waals surface area (Å²) in [4.78, 5) is 36.1. The molecule has 0 bridgehead atoms. The Morgan fingerprint density at radius 2 is 1.93 bits per heavy atom. The van der Waals surface area contributed by atoms with Gasteiger partial charge in [-0.1, -0.05) is 6.07 Å². The number of rotatable bonds is 7. The summed E-state index contributed by atoms with van der Waals surface area (Å²) < 4.78 is 25.8. The first-order valence-electron chi connectivity index (χ1n) is 13.4. The van der Waals surface area contributed by atoms with Gasteiger partial charge in [-0.25, -0.2) is 19.3 Å². The molecule has 1 unspecified atom stereocenters. The minimum Gasteiger partial charge on any atom is -0.391 e. The Labute approximate surface area is 235 Å². The van der Waals surface area contributed by atoms with Gasteiger partial charge in [0.15, 0.2) is 5.82 Å². The lowest BCUT2D eigenvalue weighted by Gasteiger charge is -2.37. The summed E-state index contributed by atoms with van der Waals surface area (Å²) in [7, 11) is 0. The van der Waals surface area contributed by atoms with E-state index < -0.39 is 17.8 Å². The van der Waals surface area contributed by atoms with Gasteiger partial charge in [-0.2, -0.15) is 0 Å². The van der Waals surface area contributed by atoms with Crippen molar-refractivity contribution in [3.63, 3.8) is 0 Å². The van der Waals surface area contributed by atoms with E-state index in [1.807, 2.05) is 18.2 Å². The molecule has 6 rings (SSSR count). The Bertz CT molecular complexity index is 1510. The van der Waals surface area contributed by atoms with Crippen molar-refractivity contribution in [2.75, 3.05) is 31.6 Å². The summed E-state index contributed by atoms with van der Waals surface area (Å²) in [5.41, 5.74) is 2.32. The zero-order valence-corrected chi connectivity index (χ0v) is 22.5. The number of nitrogens with one attached hydrogen (secondary N) is 2. The van der Waals surface area contributed by atoms with Crippen molar-refractivity contribution in [1.82, 2.24) is 29.8 Å². The van der Waals surface area contributed by atoms with Crippen LogP contribution in [0.1, 0.15) is 31.2 Å². The summed E-state index contributed by atoms with van der Waals surface area (Å²) in [6.45, 7) is 3.33. The van der Waals surface area contributed by atoms with Crippen molar-refractivity contribution >= 4 is 11.9 Å². The first-order valence-corrected chi connectivity index (χ1v) is 13.4. The third kappa shape index (κ3) is 5.80. The topological polar surface area (TPSA) is 138 Å². The number of pyridine rings is 1. The summed E-state index contributed by atoms with van der Waals surface area (Å²) in [6.07, 6.45) is 2.57. The average molecular weight is 560 g/mol. The Morgan fingerprint density at radius 1 is 1.12 bits per heavy atom. The van der Waals surface area contributed by atoms with Crippen LogP contribution in [0.4, 0.5) is 10.3 Å². The van der Waals surface area contributed by atoms with Crippen molar-refractivity contribution in [3.05, 3.63) is 78.3 Å². The average Bonchev–Trinajstić information content (AvgIpc) is 3.64. The highest BCUT2D eigenvalue weighted by atomic mass is 19.1. The highest BCUT2D eigenvalue weighted by Crippen LogP contribution is 2.36. The monoisotopic (exact) mass is 559 g/mol. The lowest BCUT2D eigenvalue weighted by atomic mass is 9.90. The van der Waals surface area contributed by atoms with Crippen molar-refractivity contribution in [2.45, 2.75) is 32.3 Å². The van der Waals surface area contributed by atoms with Gasteiger partial charge in [0.25, 0.3) is 0 Å². The normalized spacial score (nSPS) is 22.6. The number of halogens is 1. The van der Waals surface area contributed by atoms with Crippen LogP contribution in [0.2, 0.25) is 0 Å². The van der Waals surface area contributed by atoms with E-state index in [9.17, 15) is 14.3 Å². The zero-order chi connectivity index (χ0) is 28.4. The number of carbonyl (C=O) groups excluding carboxylic acids is 1. The predicted molar refractivity (Wildman–Crippen MR) is 147 cm³/mol. The summed E-state index contributed by atoms with van der Waals surface area (Å²) in [5, 5.41) is 13.0. The summed E-state index contributed by atoms with van der Waals surface area (Å²) in [5.74, 6) is 0.335. The van der Waals surface area contributed by atoms with Crippen molar-refractivity contribution in [1.29, 1.82) is 0 Å². The predicted octanol–water partition coefficient (Wildman–Crippen LogP) is 3.32. The van der Waals surface area contributed by atoms with Crippen LogP contribution in [0.25, 0.3) is 22.6 Å². The molecule has 5 heterocycles. The zero-order valence-electron chi connectivity index (χ0n) is 22.5. The van der Waals surface area contributed by atoms with Crippen LogP contribution in [-0.2, 0) is 20.8 Å². The second-order valence-electron chi connectivity index (χ2n) is 10.5. The number of imidazole rings is 1. The number of anilines is 1. The Balaban J connectivity index is 1.25. The lowest BCUT2D eigenvalue weighted by Crippen LogP contribution is -2.49. The van der Waals surface area contributed by atoms with E-state index in [0.29, 0.717) is 60.5 Å². The van der Waals surface area contributed by atoms with Crippen LogP contribution < -0.4 is 5.32 Å². The number of aromatic amines is 1. The molecule has 212 valence electrons. The minimum atomic E-state index is -0.878. The molecular formula is C29H30FN7O4. The first-order chi connectivity index (χ1) is 19.9. The Kier molecular flexibility index (Phi) is 7.43. The van der Waals surface area contributed by atoms with E-state index in [-0.39, 0.29) is 24.9 Å². The number of carbonyl (C=O) groups is 1. The molecule has 11 nitrogen and oxygen atoms in total. The molecule has 2 aliphatic rings. The molecule has 12 heteroatoms. The fourth-order valence-corrected chi connectivity index (χ4v) is 4.96. The number of likely N-dealkylation sites (tertiary alicyclic amines) is 1. The summed E-state index contributed by atoms with van der Waals surface area (Å²) in [6, 6.07) is 13.4. The maximum absolute atomic E-state index is 13.7. The lowest BCUT2D eigenvalue weighted by molar-refractivity contribution is -0.234. The molecule has 2 aliphatic heterocycles. The number of hydrogen-bond acceptors (Lipinski definition) is 9. The third-order valence-corrected chi connectivity index (χ3v) is 7.20. The molecule has 0 spiro atoms. The van der Waals surface area contributed by atoms with Gasteiger partial charge in [0.05, 0.1) is 54.1 Å². The second-order valence-corrected chi connectivity index (χ2v) is 10.5. The Morgan fingerprint density at radius 3 is 2.63 bits per heavy atom. The van der Waals surface area contributed by atoms with Crippen LogP contribution >= 0.6 is 0 Å². The molecule has 1 amide bonds. The van der Waals surface area contributed by atoms with Crippen LogP contribution in [0, 0.1) is 11.2 Å². The molecule has 1 atom stereocenters. The standard InChI is InChI=1S/C29H30FN7O4/c1-29(27(39)37-13-10-21(38)15-37)16-40-26(41-17-29)25-35-23(18-5-7-19(30)8-6-18)24(36-25)22-9-12-32-28(34-22)33-14-20-4-2-3-11-31-20/h2-9,11-12,21,26,38H,10,13-17H2,1H3,(H,35,36)(H,32,33,34). The molecule has 2 fully saturated rings. The molecule has 0 aliphatic carbocycles. The third-order valence-electron chi connectivity index (χ3n) is 7.20.